The highest BCUT2D eigenvalue weighted by Crippen LogP contribution is 2.20. The molecule has 144 valence electrons. The molecule has 0 radical (unpaired) electrons. The predicted molar refractivity (Wildman–Crippen MR) is 108 cm³/mol. The van der Waals surface area contributed by atoms with E-state index < -0.39 is 0 Å². The number of imidazole rings is 1. The third-order valence-electron chi connectivity index (χ3n) is 4.46. The van der Waals surface area contributed by atoms with Crippen LogP contribution in [0.1, 0.15) is 41.1 Å². The van der Waals surface area contributed by atoms with Gasteiger partial charge in [-0.05, 0) is 24.6 Å². The molecule has 2 atom stereocenters. The van der Waals surface area contributed by atoms with E-state index in [0.717, 1.165) is 11.4 Å². The van der Waals surface area contributed by atoms with Gasteiger partial charge in [0.1, 0.15) is 11.9 Å². The molecule has 6 nitrogen and oxygen atoms in total. The summed E-state index contributed by atoms with van der Waals surface area (Å²) in [5.74, 6) is 0.405. The van der Waals surface area contributed by atoms with E-state index in [2.05, 4.69) is 15.6 Å². The van der Waals surface area contributed by atoms with Crippen molar-refractivity contribution in [2.75, 3.05) is 0 Å². The van der Waals surface area contributed by atoms with Gasteiger partial charge in [-0.15, -0.1) is 0 Å². The van der Waals surface area contributed by atoms with Crippen molar-refractivity contribution in [3.63, 3.8) is 0 Å². The highest BCUT2D eigenvalue weighted by Gasteiger charge is 2.22. The summed E-state index contributed by atoms with van der Waals surface area (Å²) in [5, 5.41) is 5.91. The van der Waals surface area contributed by atoms with Crippen LogP contribution in [0.5, 0.6) is 0 Å². The summed E-state index contributed by atoms with van der Waals surface area (Å²) in [7, 11) is 1.90. The standard InChI is InChI=1S/C22H24N4O2/c1-16(24-22(28)18-11-7-4-8-12-18)15-19(27)25-20(17-9-5-3-6-10-17)21-23-13-14-26(21)2/h3-14,16,20H,15H2,1-2H3,(H,24,28)(H,25,27)/t16-,20-/m1/s1. The molecule has 2 amide bonds. The van der Waals surface area contributed by atoms with Crippen LogP contribution in [0.25, 0.3) is 0 Å². The highest BCUT2D eigenvalue weighted by molar-refractivity contribution is 5.94. The first-order chi connectivity index (χ1) is 13.5. The van der Waals surface area contributed by atoms with Crippen LogP contribution in [0.2, 0.25) is 0 Å². The zero-order valence-electron chi connectivity index (χ0n) is 16.0. The molecule has 2 aromatic carbocycles. The number of nitrogens with zero attached hydrogens (tertiary/aromatic N) is 2. The number of aryl methyl sites for hydroxylation is 1. The maximum atomic E-state index is 12.7. The highest BCUT2D eigenvalue weighted by atomic mass is 16.2. The Labute approximate surface area is 164 Å². The van der Waals surface area contributed by atoms with Crippen LogP contribution in [0.15, 0.2) is 73.1 Å². The van der Waals surface area contributed by atoms with Crippen LogP contribution in [0.3, 0.4) is 0 Å². The molecular formula is C22H24N4O2. The van der Waals surface area contributed by atoms with Gasteiger partial charge < -0.3 is 15.2 Å². The van der Waals surface area contributed by atoms with Crippen LogP contribution in [-0.2, 0) is 11.8 Å². The fourth-order valence-corrected chi connectivity index (χ4v) is 3.04. The monoisotopic (exact) mass is 376 g/mol. The number of amides is 2. The van der Waals surface area contributed by atoms with E-state index in [0.29, 0.717) is 5.56 Å². The van der Waals surface area contributed by atoms with Crippen molar-refractivity contribution in [2.45, 2.75) is 25.4 Å². The molecule has 0 aliphatic heterocycles. The lowest BCUT2D eigenvalue weighted by atomic mass is 10.1. The molecule has 0 fully saturated rings. The Hall–Kier alpha value is -3.41. The number of rotatable bonds is 7. The smallest absolute Gasteiger partial charge is 0.251 e. The Morgan fingerprint density at radius 2 is 1.64 bits per heavy atom. The van der Waals surface area contributed by atoms with Crippen molar-refractivity contribution >= 4 is 11.8 Å². The normalized spacial score (nSPS) is 12.8. The van der Waals surface area contributed by atoms with Gasteiger partial charge in [0.05, 0.1) is 0 Å². The molecule has 2 N–H and O–H groups in total. The molecule has 0 saturated carbocycles. The molecule has 0 spiro atoms. The summed E-state index contributed by atoms with van der Waals surface area (Å²) in [6.45, 7) is 1.82. The number of benzene rings is 2. The van der Waals surface area contributed by atoms with E-state index in [1.165, 1.54) is 0 Å². The van der Waals surface area contributed by atoms with E-state index in [1.54, 1.807) is 18.3 Å². The number of aromatic nitrogens is 2. The predicted octanol–water partition coefficient (Wildman–Crippen LogP) is 2.83. The fourth-order valence-electron chi connectivity index (χ4n) is 3.04. The van der Waals surface area contributed by atoms with E-state index in [1.807, 2.05) is 73.3 Å². The second-order valence-electron chi connectivity index (χ2n) is 6.75. The molecule has 1 aromatic heterocycles. The summed E-state index contributed by atoms with van der Waals surface area (Å²) in [6, 6.07) is 18.0. The molecule has 6 heteroatoms. The van der Waals surface area contributed by atoms with Crippen LogP contribution in [0, 0.1) is 0 Å². The number of carbonyl (C=O) groups is 2. The van der Waals surface area contributed by atoms with E-state index in [-0.39, 0.29) is 30.3 Å². The van der Waals surface area contributed by atoms with E-state index in [4.69, 9.17) is 0 Å². The number of nitrogens with one attached hydrogen (secondary N) is 2. The minimum absolute atomic E-state index is 0.155. The van der Waals surface area contributed by atoms with Crippen molar-refractivity contribution in [1.82, 2.24) is 20.2 Å². The second kappa shape index (κ2) is 8.99. The van der Waals surface area contributed by atoms with Crippen LogP contribution in [0.4, 0.5) is 0 Å². The molecule has 0 aliphatic rings. The third kappa shape index (κ3) is 4.85. The minimum Gasteiger partial charge on any atom is -0.349 e. The summed E-state index contributed by atoms with van der Waals surface area (Å²) in [4.78, 5) is 29.3. The topological polar surface area (TPSA) is 76.0 Å². The van der Waals surface area contributed by atoms with Gasteiger partial charge in [-0.2, -0.15) is 0 Å². The third-order valence-corrected chi connectivity index (χ3v) is 4.46. The van der Waals surface area contributed by atoms with Crippen LogP contribution in [-0.4, -0.2) is 27.4 Å². The lowest BCUT2D eigenvalue weighted by molar-refractivity contribution is -0.122. The lowest BCUT2D eigenvalue weighted by Crippen LogP contribution is -2.39. The summed E-state index contributed by atoms with van der Waals surface area (Å²) in [5.41, 5.74) is 1.52. The maximum absolute atomic E-state index is 12.7. The van der Waals surface area contributed by atoms with Gasteiger partial charge in [0.2, 0.25) is 5.91 Å². The first kappa shape index (κ1) is 19.4. The fraction of sp³-hybridized carbons (Fsp3) is 0.227. The maximum Gasteiger partial charge on any atom is 0.251 e. The number of carbonyl (C=O) groups excluding carboxylic acids is 2. The summed E-state index contributed by atoms with van der Waals surface area (Å²) < 4.78 is 1.89. The Morgan fingerprint density at radius 1 is 1.00 bits per heavy atom. The van der Waals surface area contributed by atoms with Crippen molar-refractivity contribution < 1.29 is 9.59 Å². The first-order valence-corrected chi connectivity index (χ1v) is 9.22. The molecule has 0 saturated heterocycles. The zero-order chi connectivity index (χ0) is 19.9. The summed E-state index contributed by atoms with van der Waals surface area (Å²) >= 11 is 0. The van der Waals surface area contributed by atoms with Crippen molar-refractivity contribution in [2.24, 2.45) is 7.05 Å². The number of hydrogen-bond donors (Lipinski definition) is 2. The van der Waals surface area contributed by atoms with Crippen molar-refractivity contribution in [3.05, 3.63) is 90.0 Å². The number of hydrogen-bond acceptors (Lipinski definition) is 3. The van der Waals surface area contributed by atoms with Gasteiger partial charge in [-0.1, -0.05) is 48.5 Å². The molecule has 0 unspecified atom stereocenters. The van der Waals surface area contributed by atoms with Gasteiger partial charge in [-0.25, -0.2) is 4.98 Å². The molecule has 28 heavy (non-hydrogen) atoms. The lowest BCUT2D eigenvalue weighted by Gasteiger charge is -2.21. The Kier molecular flexibility index (Phi) is 6.22. The van der Waals surface area contributed by atoms with Gasteiger partial charge in [0.15, 0.2) is 0 Å². The average Bonchev–Trinajstić information content (AvgIpc) is 3.13. The second-order valence-corrected chi connectivity index (χ2v) is 6.75. The summed E-state index contributed by atoms with van der Waals surface area (Å²) in [6.07, 6.45) is 3.73. The van der Waals surface area contributed by atoms with E-state index in [9.17, 15) is 9.59 Å². The Morgan fingerprint density at radius 3 is 2.25 bits per heavy atom. The average molecular weight is 376 g/mol. The van der Waals surface area contributed by atoms with Crippen molar-refractivity contribution in [1.29, 1.82) is 0 Å². The Balaban J connectivity index is 1.65. The van der Waals surface area contributed by atoms with Crippen LogP contribution < -0.4 is 10.6 Å². The molecule has 1 heterocycles. The minimum atomic E-state index is -0.356. The quantitative estimate of drug-likeness (QED) is 0.666. The van der Waals surface area contributed by atoms with Gasteiger partial charge in [0, 0.05) is 37.5 Å². The van der Waals surface area contributed by atoms with Gasteiger partial charge >= 0.3 is 0 Å². The van der Waals surface area contributed by atoms with Gasteiger partial charge in [-0.3, -0.25) is 9.59 Å². The molecule has 3 rings (SSSR count). The molecule has 0 aliphatic carbocycles. The van der Waals surface area contributed by atoms with Gasteiger partial charge in [0.25, 0.3) is 5.91 Å². The molecule has 3 aromatic rings. The largest absolute Gasteiger partial charge is 0.349 e. The Bertz CT molecular complexity index is 922. The zero-order valence-corrected chi connectivity index (χ0v) is 16.0. The molecule has 0 bridgehead atoms. The SMILES string of the molecule is C[C@H](CC(=O)N[C@H](c1ccccc1)c1nccn1C)NC(=O)c1ccccc1. The first-order valence-electron chi connectivity index (χ1n) is 9.22. The molecular weight excluding hydrogens is 352 g/mol. The van der Waals surface area contributed by atoms with E-state index >= 15 is 0 Å². The van der Waals surface area contributed by atoms with Crippen LogP contribution >= 0.6 is 0 Å². The van der Waals surface area contributed by atoms with Crippen molar-refractivity contribution in [3.8, 4) is 0 Å².